The molecule has 0 saturated carbocycles. The Morgan fingerprint density at radius 3 is 2.25 bits per heavy atom. The van der Waals surface area contributed by atoms with Crippen LogP contribution < -0.4 is 21.7 Å². The summed E-state index contributed by atoms with van der Waals surface area (Å²) in [6.07, 6.45) is 2.02. The van der Waals surface area contributed by atoms with Crippen LogP contribution in [0.1, 0.15) is 19.4 Å². The smallest absolute Gasteiger partial charge is 0.237 e. The lowest BCUT2D eigenvalue weighted by Crippen LogP contribution is -2.40. The molecule has 0 aliphatic carbocycles. The Hall–Kier alpha value is -2.38. The predicted octanol–water partition coefficient (Wildman–Crippen LogP) is -0.752. The van der Waals surface area contributed by atoms with Gasteiger partial charge in [-0.05, 0) is 13.3 Å². The number of hydrogen-bond donors (Lipinski definition) is 3. The molecule has 20 heavy (non-hydrogen) atoms. The lowest BCUT2D eigenvalue weighted by molar-refractivity contribution is -0.117. The highest BCUT2D eigenvalue weighted by Gasteiger charge is 2.19. The molecule has 0 aromatic carbocycles. The number of primary amides is 2. The number of carbonyl (C=O) groups is 2. The van der Waals surface area contributed by atoms with Crippen LogP contribution in [0.5, 0.6) is 0 Å². The number of aromatic nitrogens is 2. The summed E-state index contributed by atoms with van der Waals surface area (Å²) in [6.45, 7) is 4.34. The first-order valence-electron chi connectivity index (χ1n) is 6.38. The van der Waals surface area contributed by atoms with E-state index in [2.05, 4.69) is 15.3 Å². The summed E-state index contributed by atoms with van der Waals surface area (Å²) >= 11 is 0. The molecular weight excluding hydrogens is 260 g/mol. The minimum Gasteiger partial charge on any atom is -0.370 e. The highest BCUT2D eigenvalue weighted by molar-refractivity contribution is 5.85. The summed E-state index contributed by atoms with van der Waals surface area (Å²) in [5.74, 6) is 0.0591. The van der Waals surface area contributed by atoms with Gasteiger partial charge in [0.25, 0.3) is 0 Å². The van der Waals surface area contributed by atoms with Crippen molar-refractivity contribution in [2.24, 2.45) is 11.5 Å². The van der Waals surface area contributed by atoms with Gasteiger partial charge in [-0.3, -0.25) is 9.59 Å². The number of hydrogen-bond acceptors (Lipinski definition) is 6. The van der Waals surface area contributed by atoms with Gasteiger partial charge in [-0.25, -0.2) is 9.97 Å². The predicted molar refractivity (Wildman–Crippen MR) is 76.2 cm³/mol. The second-order valence-electron chi connectivity index (χ2n) is 4.20. The maximum atomic E-state index is 11.1. The fourth-order valence-electron chi connectivity index (χ4n) is 1.90. The number of nitrogens with two attached hydrogens (primary N) is 2. The van der Waals surface area contributed by atoms with Crippen molar-refractivity contribution in [2.75, 3.05) is 29.9 Å². The quantitative estimate of drug-likeness (QED) is 0.575. The third-order valence-corrected chi connectivity index (χ3v) is 2.61. The van der Waals surface area contributed by atoms with E-state index in [-0.39, 0.29) is 13.1 Å². The molecule has 0 saturated heterocycles. The summed E-state index contributed by atoms with van der Waals surface area (Å²) in [4.78, 5) is 32.1. The highest BCUT2D eigenvalue weighted by Crippen LogP contribution is 2.23. The van der Waals surface area contributed by atoms with E-state index in [1.807, 2.05) is 13.8 Å². The monoisotopic (exact) mass is 280 g/mol. The van der Waals surface area contributed by atoms with Gasteiger partial charge in [-0.1, -0.05) is 6.92 Å². The molecule has 1 aromatic rings. The van der Waals surface area contributed by atoms with Gasteiger partial charge in [0.1, 0.15) is 18.0 Å². The van der Waals surface area contributed by atoms with Gasteiger partial charge >= 0.3 is 0 Å². The Bertz CT molecular complexity index is 475. The van der Waals surface area contributed by atoms with Crippen LogP contribution in [0.25, 0.3) is 0 Å². The average molecular weight is 280 g/mol. The zero-order valence-electron chi connectivity index (χ0n) is 11.7. The van der Waals surface area contributed by atoms with E-state index >= 15 is 0 Å². The fraction of sp³-hybridized carbons (Fsp3) is 0.500. The van der Waals surface area contributed by atoms with Crippen molar-refractivity contribution in [3.63, 3.8) is 0 Å². The van der Waals surface area contributed by atoms with E-state index in [1.54, 1.807) is 0 Å². The molecule has 0 bridgehead atoms. The number of nitrogens with one attached hydrogen (secondary N) is 1. The van der Waals surface area contributed by atoms with Crippen LogP contribution in [0, 0.1) is 0 Å². The van der Waals surface area contributed by atoms with E-state index in [0.29, 0.717) is 24.6 Å². The molecule has 0 spiro atoms. The lowest BCUT2D eigenvalue weighted by atomic mass is 10.2. The fourth-order valence-corrected chi connectivity index (χ4v) is 1.90. The first kappa shape index (κ1) is 15.7. The molecule has 8 nitrogen and oxygen atoms in total. The molecule has 0 radical (unpaired) electrons. The molecule has 0 aliphatic heterocycles. The van der Waals surface area contributed by atoms with Gasteiger partial charge < -0.3 is 21.7 Å². The Balaban J connectivity index is 3.20. The second kappa shape index (κ2) is 7.27. The lowest BCUT2D eigenvalue weighted by Gasteiger charge is -2.23. The first-order valence-corrected chi connectivity index (χ1v) is 6.38. The summed E-state index contributed by atoms with van der Waals surface area (Å²) < 4.78 is 0. The van der Waals surface area contributed by atoms with Crippen LogP contribution in [0.15, 0.2) is 6.33 Å². The third kappa shape index (κ3) is 4.08. The molecule has 0 fully saturated rings. The first-order chi connectivity index (χ1) is 9.49. The van der Waals surface area contributed by atoms with Gasteiger partial charge in [0.15, 0.2) is 0 Å². The van der Waals surface area contributed by atoms with Crippen molar-refractivity contribution >= 4 is 23.5 Å². The molecule has 1 heterocycles. The van der Waals surface area contributed by atoms with Gasteiger partial charge in [0.2, 0.25) is 11.8 Å². The van der Waals surface area contributed by atoms with E-state index in [9.17, 15) is 9.59 Å². The number of carbonyl (C=O) groups excluding carboxylic acids is 2. The van der Waals surface area contributed by atoms with Crippen molar-refractivity contribution in [3.8, 4) is 0 Å². The molecule has 1 rings (SSSR count). The molecule has 1 aromatic heterocycles. The van der Waals surface area contributed by atoms with E-state index in [1.165, 1.54) is 11.2 Å². The molecule has 0 atom stereocenters. The molecular formula is C12H20N6O2. The van der Waals surface area contributed by atoms with Crippen LogP contribution >= 0.6 is 0 Å². The van der Waals surface area contributed by atoms with Gasteiger partial charge in [0, 0.05) is 12.1 Å². The zero-order valence-corrected chi connectivity index (χ0v) is 11.7. The van der Waals surface area contributed by atoms with Gasteiger partial charge in [0.05, 0.1) is 13.1 Å². The number of nitrogens with zero attached hydrogens (tertiary/aromatic N) is 3. The topological polar surface area (TPSA) is 127 Å². The molecule has 0 aliphatic rings. The largest absolute Gasteiger partial charge is 0.370 e. The normalized spacial score (nSPS) is 10.1. The Labute approximate surface area is 117 Å². The maximum absolute atomic E-state index is 11.1. The summed E-state index contributed by atoms with van der Waals surface area (Å²) in [5, 5.41) is 3.12. The van der Waals surface area contributed by atoms with Gasteiger partial charge in [-0.15, -0.1) is 0 Å². The summed E-state index contributed by atoms with van der Waals surface area (Å²) in [6, 6.07) is 0. The molecule has 0 unspecified atom stereocenters. The van der Waals surface area contributed by atoms with Crippen LogP contribution in [0.3, 0.4) is 0 Å². The van der Waals surface area contributed by atoms with E-state index < -0.39 is 11.8 Å². The van der Waals surface area contributed by atoms with Crippen molar-refractivity contribution < 1.29 is 9.59 Å². The molecule has 5 N–H and O–H groups in total. The Morgan fingerprint density at radius 2 is 1.80 bits per heavy atom. The Kier molecular flexibility index (Phi) is 5.70. The maximum Gasteiger partial charge on any atom is 0.237 e. The van der Waals surface area contributed by atoms with Crippen LogP contribution in [-0.2, 0) is 16.0 Å². The minimum absolute atomic E-state index is 0.126. The summed E-state index contributed by atoms with van der Waals surface area (Å²) in [5.41, 5.74) is 11.2. The average Bonchev–Trinajstić information content (AvgIpc) is 2.37. The second-order valence-corrected chi connectivity index (χ2v) is 4.20. The SMILES string of the molecule is CCNc1ncnc(N(CC(N)=O)CC(N)=O)c1CC. The molecule has 8 heteroatoms. The number of rotatable bonds is 8. The standard InChI is InChI=1S/C12H20N6O2/c1-3-8-11(15-4-2)16-7-17-12(8)18(5-9(13)19)6-10(14)20/h7H,3-6H2,1-2H3,(H2,13,19)(H2,14,20)(H,15,16,17). The van der Waals surface area contributed by atoms with Crippen LogP contribution in [-0.4, -0.2) is 41.4 Å². The van der Waals surface area contributed by atoms with Gasteiger partial charge in [-0.2, -0.15) is 0 Å². The third-order valence-electron chi connectivity index (χ3n) is 2.61. The minimum atomic E-state index is -0.558. The van der Waals surface area contributed by atoms with Crippen molar-refractivity contribution in [1.82, 2.24) is 9.97 Å². The van der Waals surface area contributed by atoms with Crippen molar-refractivity contribution in [3.05, 3.63) is 11.9 Å². The zero-order chi connectivity index (χ0) is 15.1. The van der Waals surface area contributed by atoms with Crippen molar-refractivity contribution in [1.29, 1.82) is 0 Å². The summed E-state index contributed by atoms with van der Waals surface area (Å²) in [7, 11) is 0. The van der Waals surface area contributed by atoms with Crippen LogP contribution in [0.2, 0.25) is 0 Å². The van der Waals surface area contributed by atoms with Crippen molar-refractivity contribution in [2.45, 2.75) is 20.3 Å². The molecule has 2 amide bonds. The van der Waals surface area contributed by atoms with E-state index in [0.717, 1.165) is 5.56 Å². The molecule has 110 valence electrons. The van der Waals surface area contributed by atoms with Crippen LogP contribution in [0.4, 0.5) is 11.6 Å². The highest BCUT2D eigenvalue weighted by atomic mass is 16.2. The van der Waals surface area contributed by atoms with E-state index in [4.69, 9.17) is 11.5 Å². The number of amides is 2. The number of anilines is 2. The Morgan fingerprint density at radius 1 is 1.20 bits per heavy atom.